The molecular formula is C33H33BN6O6-. The Bertz CT molecular complexity index is 1740. The fraction of sp³-hybridized carbons (Fsp3) is 0.182. The number of aromatic nitrogens is 6. The molecule has 46 heavy (non-hydrogen) atoms. The molecule has 3 aromatic carbocycles. The number of hydrogen-bond acceptors (Lipinski definition) is 9. The summed E-state index contributed by atoms with van der Waals surface area (Å²) in [6, 6.07) is 22.6. The predicted molar refractivity (Wildman–Crippen MR) is 174 cm³/mol. The Kier molecular flexibility index (Phi) is 8.55. The fourth-order valence-electron chi connectivity index (χ4n) is 5.22. The lowest BCUT2D eigenvalue weighted by atomic mass is 9.96. The van der Waals surface area contributed by atoms with E-state index < -0.39 is 7.12 Å². The molecule has 0 saturated heterocycles. The zero-order valence-corrected chi connectivity index (χ0v) is 26.4. The van der Waals surface area contributed by atoms with Crippen molar-refractivity contribution in [1.29, 1.82) is 0 Å². The van der Waals surface area contributed by atoms with Crippen LogP contribution < -0.4 is 28.4 Å². The third kappa shape index (κ3) is 5.70. The van der Waals surface area contributed by atoms with E-state index in [9.17, 15) is 0 Å². The Hall–Kier alpha value is -5.85. The van der Waals surface area contributed by atoms with Gasteiger partial charge >= 0.3 is 0 Å². The second-order valence-corrected chi connectivity index (χ2v) is 10.1. The van der Waals surface area contributed by atoms with Crippen LogP contribution in [0.1, 0.15) is 0 Å². The number of hydrogen-bond donors (Lipinski definition) is 0. The van der Waals surface area contributed by atoms with Crippen LogP contribution in [0.4, 0.5) is 0 Å². The van der Waals surface area contributed by atoms with E-state index in [2.05, 4.69) is 0 Å². The van der Waals surface area contributed by atoms with Crippen molar-refractivity contribution >= 4 is 7.12 Å². The van der Waals surface area contributed by atoms with Gasteiger partial charge in [-0.2, -0.15) is 0 Å². The van der Waals surface area contributed by atoms with Gasteiger partial charge in [-0.3, -0.25) is 0 Å². The summed E-state index contributed by atoms with van der Waals surface area (Å²) in [5.74, 6) is 3.99. The molecule has 0 spiro atoms. The number of nitrogens with zero attached hydrogens (tertiary/aromatic N) is 6. The van der Waals surface area contributed by atoms with Crippen molar-refractivity contribution in [2.45, 2.75) is 0 Å². The van der Waals surface area contributed by atoms with Crippen molar-refractivity contribution < 1.29 is 28.4 Å². The molecule has 1 radical (unpaired) electrons. The molecule has 0 atom stereocenters. The molecule has 0 aliphatic carbocycles. The quantitative estimate of drug-likeness (QED) is 0.169. The molecule has 0 aliphatic rings. The van der Waals surface area contributed by atoms with E-state index in [-0.39, 0.29) is 0 Å². The van der Waals surface area contributed by atoms with Crippen molar-refractivity contribution in [1.82, 2.24) is 29.1 Å². The highest BCUT2D eigenvalue weighted by atomic mass is 16.5. The van der Waals surface area contributed by atoms with Gasteiger partial charge in [-0.1, -0.05) is 0 Å². The van der Waals surface area contributed by atoms with Crippen molar-refractivity contribution in [3.8, 4) is 68.3 Å². The van der Waals surface area contributed by atoms with E-state index in [0.717, 1.165) is 16.7 Å². The summed E-state index contributed by atoms with van der Waals surface area (Å²) in [6.45, 7) is 0. The van der Waals surface area contributed by atoms with Gasteiger partial charge in [-0.25, -0.2) is 15.3 Å². The Morgan fingerprint density at radius 1 is 0.413 bits per heavy atom. The van der Waals surface area contributed by atoms with Crippen LogP contribution in [0.2, 0.25) is 0 Å². The molecule has 13 heteroatoms. The predicted octanol–water partition coefficient (Wildman–Crippen LogP) is 5.26. The van der Waals surface area contributed by atoms with Gasteiger partial charge in [0.05, 0.1) is 59.7 Å². The molecule has 0 bridgehead atoms. The zero-order valence-electron chi connectivity index (χ0n) is 26.4. The van der Waals surface area contributed by atoms with Gasteiger partial charge in [0.15, 0.2) is 0 Å². The van der Waals surface area contributed by atoms with E-state index >= 15 is 0 Å². The molecule has 0 amide bonds. The monoisotopic (exact) mass is 620 g/mol. The van der Waals surface area contributed by atoms with E-state index in [1.807, 2.05) is 91.4 Å². The maximum absolute atomic E-state index is 5.66. The molecule has 12 nitrogen and oxygen atoms in total. The van der Waals surface area contributed by atoms with E-state index in [1.165, 1.54) is 0 Å². The van der Waals surface area contributed by atoms with Crippen LogP contribution in [-0.2, 0) is 0 Å². The van der Waals surface area contributed by atoms with Crippen LogP contribution in [0.15, 0.2) is 91.4 Å². The normalized spacial score (nSPS) is 11.0. The summed E-state index contributed by atoms with van der Waals surface area (Å²) < 4.78 is 38.5. The molecule has 0 fully saturated rings. The van der Waals surface area contributed by atoms with Crippen LogP contribution >= 0.6 is 0 Å². The summed E-state index contributed by atoms with van der Waals surface area (Å²) in [5.41, 5.74) is 4.56. The molecule has 3 aromatic heterocycles. The molecule has 235 valence electrons. The highest BCUT2D eigenvalue weighted by Gasteiger charge is 2.18. The average molecular weight is 620 g/mol. The van der Waals surface area contributed by atoms with E-state index in [0.29, 0.717) is 51.6 Å². The Labute approximate surface area is 266 Å². The fourth-order valence-corrected chi connectivity index (χ4v) is 5.22. The third-order valence-corrected chi connectivity index (χ3v) is 7.59. The zero-order chi connectivity index (χ0) is 32.2. The Morgan fingerprint density at radius 3 is 0.978 bits per heavy atom. The molecule has 0 saturated carbocycles. The number of ether oxygens (including phenoxy) is 6. The molecule has 6 aromatic rings. The SMILES string of the molecule is COc1ccc(-c2ccn([B-](n3ccc(-c4ccc(OC)cc4OC)n3)n3ccc(-c4ccc(OC)cc4OC)n3)n2)c(OC)c1. The van der Waals surface area contributed by atoms with Gasteiger partial charge in [0, 0.05) is 34.9 Å². The molecular weight excluding hydrogens is 587 g/mol. The van der Waals surface area contributed by atoms with Gasteiger partial charge in [0.2, 0.25) is 0 Å². The Morgan fingerprint density at radius 2 is 0.717 bits per heavy atom. The van der Waals surface area contributed by atoms with Crippen molar-refractivity contribution in [2.24, 2.45) is 0 Å². The summed E-state index contributed by atoms with van der Waals surface area (Å²) in [4.78, 5) is 0. The van der Waals surface area contributed by atoms with Crippen LogP contribution in [0.25, 0.3) is 33.8 Å². The van der Waals surface area contributed by atoms with Gasteiger partial charge < -0.3 is 42.2 Å². The minimum Gasteiger partial charge on any atom is -0.497 e. The van der Waals surface area contributed by atoms with E-state index in [4.69, 9.17) is 43.7 Å². The third-order valence-electron chi connectivity index (χ3n) is 7.59. The molecule has 0 N–H and O–H groups in total. The van der Waals surface area contributed by atoms with Gasteiger partial charge in [-0.05, 0) is 73.2 Å². The number of benzene rings is 3. The standard InChI is InChI=1S/C33H33BN6O6/c1-41-22-7-10-25(31(19-22)44-4)28-13-16-38(35-28)34(39-17-14-29(36-39)26-11-8-23(42-2)20-32(26)45-5)40-18-15-30(37-40)27-12-9-24(43-3)21-33(27)46-6/h7-21H,1-6H3/q-1. The molecule has 3 heterocycles. The largest absolute Gasteiger partial charge is 0.497 e. The van der Waals surface area contributed by atoms with Gasteiger partial charge in [-0.15, -0.1) is 0 Å². The summed E-state index contributed by atoms with van der Waals surface area (Å²) >= 11 is 0. The smallest absolute Gasteiger partial charge is 0.260 e. The lowest BCUT2D eigenvalue weighted by molar-refractivity contribution is 0.395. The van der Waals surface area contributed by atoms with Crippen LogP contribution in [0, 0.1) is 0 Å². The topological polar surface area (TPSA) is 109 Å². The lowest BCUT2D eigenvalue weighted by Crippen LogP contribution is -2.42. The minimum atomic E-state index is -0.617. The first-order valence-electron chi connectivity index (χ1n) is 14.3. The highest BCUT2D eigenvalue weighted by molar-refractivity contribution is 6.52. The first-order valence-corrected chi connectivity index (χ1v) is 14.3. The maximum Gasteiger partial charge on any atom is 0.260 e. The second kappa shape index (κ2) is 13.0. The lowest BCUT2D eigenvalue weighted by Gasteiger charge is -2.29. The van der Waals surface area contributed by atoms with Crippen LogP contribution in [-0.4, -0.2) is 78.9 Å². The van der Waals surface area contributed by atoms with Crippen molar-refractivity contribution in [2.75, 3.05) is 42.7 Å². The maximum atomic E-state index is 5.66. The average Bonchev–Trinajstić information content (AvgIpc) is 3.90. The number of rotatable bonds is 12. The first kappa shape index (κ1) is 30.2. The summed E-state index contributed by atoms with van der Waals surface area (Å²) in [5, 5.41) is 14.9. The molecule has 0 aliphatic heterocycles. The van der Waals surface area contributed by atoms with Crippen molar-refractivity contribution in [3.63, 3.8) is 0 Å². The summed E-state index contributed by atoms with van der Waals surface area (Å²) in [7, 11) is 9.10. The number of methoxy groups -OCH3 is 6. The van der Waals surface area contributed by atoms with Crippen LogP contribution in [0.5, 0.6) is 34.5 Å². The second-order valence-electron chi connectivity index (χ2n) is 10.1. The van der Waals surface area contributed by atoms with E-state index in [1.54, 1.807) is 56.4 Å². The summed E-state index contributed by atoms with van der Waals surface area (Å²) in [6.07, 6.45) is 5.65. The Balaban J connectivity index is 1.45. The van der Waals surface area contributed by atoms with Crippen LogP contribution in [0.3, 0.4) is 0 Å². The first-order chi connectivity index (χ1) is 22.5. The molecule has 0 unspecified atom stereocenters. The van der Waals surface area contributed by atoms with Gasteiger partial charge in [0.1, 0.15) is 34.5 Å². The minimum absolute atomic E-state index is 0.617. The highest BCUT2D eigenvalue weighted by Crippen LogP contribution is 2.35. The van der Waals surface area contributed by atoms with Crippen molar-refractivity contribution in [3.05, 3.63) is 91.4 Å². The molecule has 6 rings (SSSR count). The van der Waals surface area contributed by atoms with Gasteiger partial charge in [0.25, 0.3) is 7.12 Å².